The molecule has 3 heterocycles. The van der Waals surface area contributed by atoms with Crippen molar-refractivity contribution in [2.45, 2.75) is 19.4 Å². The number of para-hydroxylation sites is 2. The Morgan fingerprint density at radius 3 is 2.47 bits per heavy atom. The summed E-state index contributed by atoms with van der Waals surface area (Å²) >= 11 is 3.46. The standard InChI is InChI=1S/C24H23BrF2N6O/c1-15(16-6-8-17(25)9-7-16)28-20-14-21(31-24(30-20)32-10-12-34-13-11-32)33-19-5-3-2-4-18(19)29-23(33)22(26)27/h2-9,14-15,22H,10-13H2,1H3,(H,28,30,31). The zero-order chi connectivity index (χ0) is 23.7. The molecule has 0 amide bonds. The quantitative estimate of drug-likeness (QED) is 0.355. The molecule has 4 aromatic rings. The third-order valence-corrected chi connectivity index (χ3v) is 6.27. The number of benzene rings is 2. The Hall–Kier alpha value is -3.11. The van der Waals surface area contributed by atoms with E-state index in [2.05, 4.69) is 31.2 Å². The van der Waals surface area contributed by atoms with E-state index in [0.29, 0.717) is 54.9 Å². The number of morpholine rings is 1. The van der Waals surface area contributed by atoms with Crippen LogP contribution in [0.1, 0.15) is 30.8 Å². The molecule has 1 unspecified atom stereocenters. The second-order valence-electron chi connectivity index (χ2n) is 8.02. The number of hydrogen-bond donors (Lipinski definition) is 1. The first kappa shape index (κ1) is 22.7. The molecular formula is C24H23BrF2N6O. The monoisotopic (exact) mass is 528 g/mol. The van der Waals surface area contributed by atoms with Crippen LogP contribution in [0.3, 0.4) is 0 Å². The Bertz CT molecular complexity index is 1290. The Morgan fingerprint density at radius 1 is 1.00 bits per heavy atom. The van der Waals surface area contributed by atoms with Crippen molar-refractivity contribution in [2.75, 3.05) is 36.5 Å². The van der Waals surface area contributed by atoms with Crippen LogP contribution < -0.4 is 10.2 Å². The van der Waals surface area contributed by atoms with Gasteiger partial charge in [0.1, 0.15) is 11.6 Å². The lowest BCUT2D eigenvalue weighted by molar-refractivity contribution is 0.122. The third-order valence-electron chi connectivity index (χ3n) is 5.74. The number of nitrogens with one attached hydrogen (secondary N) is 1. The molecular weight excluding hydrogens is 506 g/mol. The minimum Gasteiger partial charge on any atom is -0.378 e. The van der Waals surface area contributed by atoms with E-state index in [1.807, 2.05) is 36.1 Å². The van der Waals surface area contributed by atoms with E-state index < -0.39 is 6.43 Å². The normalized spacial score (nSPS) is 15.1. The lowest BCUT2D eigenvalue weighted by Gasteiger charge is -2.28. The van der Waals surface area contributed by atoms with Crippen LogP contribution >= 0.6 is 15.9 Å². The summed E-state index contributed by atoms with van der Waals surface area (Å²) in [6, 6.07) is 16.7. The molecule has 176 valence electrons. The van der Waals surface area contributed by atoms with Crippen molar-refractivity contribution in [1.29, 1.82) is 0 Å². The van der Waals surface area contributed by atoms with E-state index in [1.165, 1.54) is 4.57 Å². The van der Waals surface area contributed by atoms with Crippen molar-refractivity contribution < 1.29 is 13.5 Å². The molecule has 34 heavy (non-hydrogen) atoms. The zero-order valence-electron chi connectivity index (χ0n) is 18.5. The van der Waals surface area contributed by atoms with Gasteiger partial charge in [0.25, 0.3) is 6.43 Å². The molecule has 0 saturated carbocycles. The Balaban J connectivity index is 1.60. The van der Waals surface area contributed by atoms with Gasteiger partial charge in [-0.15, -0.1) is 0 Å². The molecule has 1 atom stereocenters. The average molecular weight is 529 g/mol. The molecule has 5 rings (SSSR count). The van der Waals surface area contributed by atoms with Gasteiger partial charge in [-0.3, -0.25) is 4.57 Å². The van der Waals surface area contributed by atoms with E-state index in [0.717, 1.165) is 10.0 Å². The van der Waals surface area contributed by atoms with Gasteiger partial charge >= 0.3 is 0 Å². The summed E-state index contributed by atoms with van der Waals surface area (Å²) in [5, 5.41) is 3.41. The molecule has 0 aliphatic carbocycles. The lowest BCUT2D eigenvalue weighted by atomic mass is 10.1. The molecule has 0 bridgehead atoms. The number of ether oxygens (including phenoxy) is 1. The lowest BCUT2D eigenvalue weighted by Crippen LogP contribution is -2.37. The van der Waals surface area contributed by atoms with Gasteiger partial charge in [-0.05, 0) is 36.8 Å². The molecule has 0 radical (unpaired) electrons. The smallest absolute Gasteiger partial charge is 0.296 e. The minimum atomic E-state index is -2.76. The van der Waals surface area contributed by atoms with Crippen LogP contribution in [0.5, 0.6) is 0 Å². The van der Waals surface area contributed by atoms with Gasteiger partial charge in [0, 0.05) is 29.7 Å². The van der Waals surface area contributed by atoms with Crippen LogP contribution in [-0.4, -0.2) is 45.8 Å². The van der Waals surface area contributed by atoms with Crippen molar-refractivity contribution in [2.24, 2.45) is 0 Å². The highest BCUT2D eigenvalue weighted by atomic mass is 79.9. The Labute approximate surface area is 203 Å². The number of nitrogens with zero attached hydrogens (tertiary/aromatic N) is 5. The van der Waals surface area contributed by atoms with Crippen molar-refractivity contribution in [3.05, 3.63) is 70.5 Å². The fraction of sp³-hybridized carbons (Fsp3) is 0.292. The van der Waals surface area contributed by atoms with Crippen LogP contribution in [0.15, 0.2) is 59.1 Å². The predicted octanol–water partition coefficient (Wildman–Crippen LogP) is 5.53. The number of imidazole rings is 1. The Kier molecular flexibility index (Phi) is 6.42. The van der Waals surface area contributed by atoms with Gasteiger partial charge < -0.3 is 15.0 Å². The number of alkyl halides is 2. The summed E-state index contributed by atoms with van der Waals surface area (Å²) in [6.07, 6.45) is -2.76. The number of anilines is 2. The maximum absolute atomic E-state index is 14.0. The molecule has 7 nitrogen and oxygen atoms in total. The summed E-state index contributed by atoms with van der Waals surface area (Å²) in [6.45, 7) is 4.38. The van der Waals surface area contributed by atoms with Crippen molar-refractivity contribution in [3.8, 4) is 5.82 Å². The number of hydrogen-bond acceptors (Lipinski definition) is 6. The molecule has 1 N–H and O–H groups in total. The third kappa shape index (κ3) is 4.60. The predicted molar refractivity (Wildman–Crippen MR) is 131 cm³/mol. The van der Waals surface area contributed by atoms with Gasteiger partial charge in [-0.2, -0.15) is 9.97 Å². The first-order valence-electron chi connectivity index (χ1n) is 11.0. The largest absolute Gasteiger partial charge is 0.378 e. The van der Waals surface area contributed by atoms with E-state index in [-0.39, 0.29) is 11.9 Å². The minimum absolute atomic E-state index is 0.0671. The highest BCUT2D eigenvalue weighted by molar-refractivity contribution is 9.10. The summed E-state index contributed by atoms with van der Waals surface area (Å²) in [4.78, 5) is 15.6. The summed E-state index contributed by atoms with van der Waals surface area (Å²) in [5.74, 6) is 0.995. The number of halogens is 3. The SMILES string of the molecule is CC(Nc1cc(-n2c(C(F)F)nc3ccccc32)nc(N2CCOCC2)n1)c1ccc(Br)cc1. The van der Waals surface area contributed by atoms with Crippen LogP contribution in [-0.2, 0) is 4.74 Å². The zero-order valence-corrected chi connectivity index (χ0v) is 20.0. The molecule has 0 spiro atoms. The topological polar surface area (TPSA) is 68.1 Å². The summed E-state index contributed by atoms with van der Waals surface area (Å²) in [5.41, 5.74) is 2.12. The van der Waals surface area contributed by atoms with Crippen molar-refractivity contribution in [1.82, 2.24) is 19.5 Å². The average Bonchev–Trinajstić information content (AvgIpc) is 3.25. The van der Waals surface area contributed by atoms with Gasteiger partial charge in [-0.25, -0.2) is 13.8 Å². The molecule has 2 aromatic carbocycles. The van der Waals surface area contributed by atoms with E-state index >= 15 is 0 Å². The maximum Gasteiger partial charge on any atom is 0.296 e. The number of aromatic nitrogens is 4. The van der Waals surface area contributed by atoms with Gasteiger partial charge in [0.15, 0.2) is 5.82 Å². The van der Waals surface area contributed by atoms with Gasteiger partial charge in [-0.1, -0.05) is 40.2 Å². The number of rotatable bonds is 6. The first-order valence-corrected chi connectivity index (χ1v) is 11.8. The van der Waals surface area contributed by atoms with E-state index in [1.54, 1.807) is 30.3 Å². The highest BCUT2D eigenvalue weighted by Crippen LogP contribution is 2.30. The van der Waals surface area contributed by atoms with E-state index in [9.17, 15) is 8.78 Å². The van der Waals surface area contributed by atoms with Gasteiger partial charge in [0.2, 0.25) is 5.95 Å². The molecule has 1 aliphatic heterocycles. The van der Waals surface area contributed by atoms with Crippen molar-refractivity contribution in [3.63, 3.8) is 0 Å². The maximum atomic E-state index is 14.0. The fourth-order valence-corrected chi connectivity index (χ4v) is 4.27. The second kappa shape index (κ2) is 9.63. The molecule has 2 aromatic heterocycles. The van der Waals surface area contributed by atoms with Gasteiger partial charge in [0.05, 0.1) is 24.2 Å². The first-order chi connectivity index (χ1) is 16.5. The van der Waals surface area contributed by atoms with Crippen LogP contribution in [0.2, 0.25) is 0 Å². The molecule has 1 saturated heterocycles. The van der Waals surface area contributed by atoms with E-state index in [4.69, 9.17) is 9.72 Å². The van der Waals surface area contributed by atoms with Crippen LogP contribution in [0.25, 0.3) is 16.9 Å². The molecule has 1 fully saturated rings. The fourth-order valence-electron chi connectivity index (χ4n) is 4.00. The molecule has 10 heteroatoms. The summed E-state index contributed by atoms with van der Waals surface area (Å²) in [7, 11) is 0. The second-order valence-corrected chi connectivity index (χ2v) is 8.94. The van der Waals surface area contributed by atoms with Crippen LogP contribution in [0.4, 0.5) is 20.5 Å². The summed E-state index contributed by atoms with van der Waals surface area (Å²) < 4.78 is 35.9. The highest BCUT2D eigenvalue weighted by Gasteiger charge is 2.23. The van der Waals surface area contributed by atoms with Crippen LogP contribution in [0, 0.1) is 0 Å². The van der Waals surface area contributed by atoms with Crippen molar-refractivity contribution >= 4 is 38.7 Å². The number of fused-ring (bicyclic) bond motifs is 1. The molecule has 1 aliphatic rings. The Morgan fingerprint density at radius 2 is 1.74 bits per heavy atom.